The number of hydrogen-bond donors (Lipinski definition) is 1. The van der Waals surface area contributed by atoms with Gasteiger partial charge in [-0.15, -0.1) is 12.4 Å². The third kappa shape index (κ3) is 4.20. The normalized spacial score (nSPS) is 26.6. The number of benzene rings is 1. The number of piperazine rings is 1. The van der Waals surface area contributed by atoms with Crippen LogP contribution < -0.4 is 10.5 Å². The highest BCUT2D eigenvalue weighted by atomic mass is 35.5. The lowest BCUT2D eigenvalue weighted by atomic mass is 9.84. The average Bonchev–Trinajstić information content (AvgIpc) is 3.35. The first-order valence-corrected chi connectivity index (χ1v) is 12.3. The smallest absolute Gasteiger partial charge is 0.254 e. The lowest BCUT2D eigenvalue weighted by molar-refractivity contribution is 0.186. The summed E-state index contributed by atoms with van der Waals surface area (Å²) in [4.78, 5) is 26.1. The third-order valence-corrected chi connectivity index (χ3v) is 8.59. The summed E-state index contributed by atoms with van der Waals surface area (Å²) in [5, 5.41) is 0.792. The van der Waals surface area contributed by atoms with Crippen LogP contribution in [0.2, 0.25) is 5.02 Å². The number of hydrogen-bond acceptors (Lipinski definition) is 4. The molecule has 0 radical (unpaired) electrons. The van der Waals surface area contributed by atoms with E-state index in [1.54, 1.807) is 0 Å². The van der Waals surface area contributed by atoms with E-state index in [1.165, 1.54) is 31.4 Å². The first kappa shape index (κ1) is 22.2. The molecule has 0 unspecified atom stereocenters. The van der Waals surface area contributed by atoms with Crippen LogP contribution in [0, 0.1) is 5.41 Å². The Morgan fingerprint density at radius 2 is 1.78 bits per heavy atom. The molecule has 172 valence electrons. The largest absolute Gasteiger partial charge is 0.369 e. The molecular weight excluding hydrogens is 443 g/mol. The molecule has 3 aliphatic carbocycles. The van der Waals surface area contributed by atoms with Crippen LogP contribution in [0.15, 0.2) is 29.1 Å². The molecule has 2 heterocycles. The van der Waals surface area contributed by atoms with Gasteiger partial charge in [0, 0.05) is 54.4 Å². The number of nitrogens with zero attached hydrogens (tertiary/aromatic N) is 3. The number of halogens is 2. The molecule has 3 fully saturated rings. The quantitative estimate of drug-likeness (QED) is 0.707. The average molecular weight is 475 g/mol. The molecule has 0 bridgehead atoms. The summed E-state index contributed by atoms with van der Waals surface area (Å²) in [6.07, 6.45) is 9.22. The van der Waals surface area contributed by atoms with Crippen LogP contribution in [-0.2, 0) is 12.8 Å². The minimum Gasteiger partial charge on any atom is -0.369 e. The van der Waals surface area contributed by atoms with Gasteiger partial charge in [-0.25, -0.2) is 4.98 Å². The molecule has 1 saturated heterocycles. The van der Waals surface area contributed by atoms with Crippen molar-refractivity contribution in [2.75, 3.05) is 31.1 Å². The van der Waals surface area contributed by atoms with Gasteiger partial charge >= 0.3 is 0 Å². The SMILES string of the molecule is Cl.O=c1[nH]c([C@H]2CC[C@H](N3CCN(c4ccc(Cl)cc4)CC3)C2)nc2c1CC1(CC2)CC1. The van der Waals surface area contributed by atoms with Gasteiger partial charge in [-0.05, 0) is 81.0 Å². The Kier molecular flexibility index (Phi) is 6.02. The molecule has 7 heteroatoms. The van der Waals surface area contributed by atoms with Crippen LogP contribution in [0.25, 0.3) is 0 Å². The molecule has 0 amide bonds. The fourth-order valence-electron chi connectivity index (χ4n) is 6.13. The van der Waals surface area contributed by atoms with Crippen molar-refractivity contribution >= 4 is 29.7 Å². The summed E-state index contributed by atoms with van der Waals surface area (Å²) >= 11 is 6.03. The number of fused-ring (bicyclic) bond motifs is 1. The molecule has 2 aromatic rings. The van der Waals surface area contributed by atoms with E-state index in [1.807, 2.05) is 12.1 Å². The van der Waals surface area contributed by atoms with Gasteiger partial charge in [0.15, 0.2) is 0 Å². The molecule has 6 rings (SSSR count). The molecule has 1 aliphatic heterocycles. The molecule has 2 atom stereocenters. The number of aromatic amines is 1. The van der Waals surface area contributed by atoms with Gasteiger partial charge in [-0.2, -0.15) is 0 Å². The highest BCUT2D eigenvalue weighted by molar-refractivity contribution is 6.30. The van der Waals surface area contributed by atoms with Gasteiger partial charge in [0.1, 0.15) is 5.82 Å². The van der Waals surface area contributed by atoms with Crippen molar-refractivity contribution in [1.29, 1.82) is 0 Å². The highest BCUT2D eigenvalue weighted by Gasteiger charge is 2.46. The number of H-pyrrole nitrogens is 1. The molecule has 2 saturated carbocycles. The molecule has 5 nitrogen and oxygen atoms in total. The lowest BCUT2D eigenvalue weighted by Gasteiger charge is -2.39. The predicted octanol–water partition coefficient (Wildman–Crippen LogP) is 4.57. The fourth-order valence-corrected chi connectivity index (χ4v) is 6.26. The predicted molar refractivity (Wildman–Crippen MR) is 131 cm³/mol. The van der Waals surface area contributed by atoms with Crippen LogP contribution in [0.4, 0.5) is 5.69 Å². The summed E-state index contributed by atoms with van der Waals surface area (Å²) in [5.41, 5.74) is 3.94. The topological polar surface area (TPSA) is 52.2 Å². The number of aryl methyl sites for hydroxylation is 1. The summed E-state index contributed by atoms with van der Waals surface area (Å²) in [6, 6.07) is 8.79. The van der Waals surface area contributed by atoms with E-state index in [4.69, 9.17) is 16.6 Å². The Balaban J connectivity index is 0.00000216. The first-order valence-electron chi connectivity index (χ1n) is 12.0. The van der Waals surface area contributed by atoms with Gasteiger partial charge in [0.2, 0.25) is 0 Å². The lowest BCUT2D eigenvalue weighted by Crippen LogP contribution is -2.49. The molecule has 4 aliphatic rings. The Labute approximate surface area is 201 Å². The van der Waals surface area contributed by atoms with E-state index in [0.717, 1.165) is 74.0 Å². The van der Waals surface area contributed by atoms with E-state index in [9.17, 15) is 4.79 Å². The van der Waals surface area contributed by atoms with E-state index in [-0.39, 0.29) is 18.0 Å². The second kappa shape index (κ2) is 8.66. The zero-order chi connectivity index (χ0) is 21.0. The number of anilines is 1. The molecule has 1 aromatic heterocycles. The summed E-state index contributed by atoms with van der Waals surface area (Å²) < 4.78 is 0. The van der Waals surface area contributed by atoms with Gasteiger partial charge in [0.05, 0.1) is 5.69 Å². The third-order valence-electron chi connectivity index (χ3n) is 8.33. The van der Waals surface area contributed by atoms with E-state index >= 15 is 0 Å². The zero-order valence-electron chi connectivity index (χ0n) is 18.5. The minimum atomic E-state index is 0. The van der Waals surface area contributed by atoms with Crippen LogP contribution >= 0.6 is 24.0 Å². The zero-order valence-corrected chi connectivity index (χ0v) is 20.1. The van der Waals surface area contributed by atoms with Gasteiger partial charge in [0.25, 0.3) is 5.56 Å². The fraction of sp³-hybridized carbons (Fsp3) is 0.600. The van der Waals surface area contributed by atoms with Crippen molar-refractivity contribution in [3.63, 3.8) is 0 Å². The maximum atomic E-state index is 12.8. The monoisotopic (exact) mass is 474 g/mol. The van der Waals surface area contributed by atoms with E-state index < -0.39 is 0 Å². The van der Waals surface area contributed by atoms with Gasteiger partial charge < -0.3 is 9.88 Å². The standard InChI is InChI=1S/C25H31ClN4O.ClH/c26-18-2-5-19(6-3-18)29-11-13-30(14-12-29)20-4-1-17(15-20)23-27-22-7-8-25(9-10-25)16-21(22)24(31)28-23;/h2-3,5-6,17,20H,1,4,7-16H2,(H,27,28,31);1H/t17-,20-;/m0./s1. The van der Waals surface area contributed by atoms with Crippen molar-refractivity contribution < 1.29 is 0 Å². The number of nitrogens with one attached hydrogen (secondary N) is 1. The highest BCUT2D eigenvalue weighted by Crippen LogP contribution is 2.54. The minimum absolute atomic E-state index is 0. The van der Waals surface area contributed by atoms with Crippen molar-refractivity contribution in [3.8, 4) is 0 Å². The summed E-state index contributed by atoms with van der Waals surface area (Å²) in [5.74, 6) is 1.35. The molecule has 1 aromatic carbocycles. The van der Waals surface area contributed by atoms with E-state index in [2.05, 4.69) is 26.9 Å². The molecular formula is C25H32Cl2N4O. The molecule has 1 spiro atoms. The number of rotatable bonds is 3. The maximum absolute atomic E-state index is 12.8. The van der Waals surface area contributed by atoms with Crippen LogP contribution in [0.3, 0.4) is 0 Å². The summed E-state index contributed by atoms with van der Waals surface area (Å²) in [7, 11) is 0. The van der Waals surface area contributed by atoms with Crippen molar-refractivity contribution in [2.24, 2.45) is 5.41 Å². The van der Waals surface area contributed by atoms with Crippen LogP contribution in [-0.4, -0.2) is 47.1 Å². The van der Waals surface area contributed by atoms with E-state index in [0.29, 0.717) is 17.4 Å². The van der Waals surface area contributed by atoms with Gasteiger partial charge in [-0.1, -0.05) is 11.6 Å². The Morgan fingerprint density at radius 3 is 2.50 bits per heavy atom. The second-order valence-electron chi connectivity index (χ2n) is 10.2. The molecule has 32 heavy (non-hydrogen) atoms. The first-order chi connectivity index (χ1) is 15.1. The Bertz CT molecular complexity index is 1030. The Hall–Kier alpha value is -1.56. The second-order valence-corrected chi connectivity index (χ2v) is 10.7. The molecule has 1 N–H and O–H groups in total. The van der Waals surface area contributed by atoms with Crippen molar-refractivity contribution in [1.82, 2.24) is 14.9 Å². The van der Waals surface area contributed by atoms with Crippen LogP contribution in [0.1, 0.15) is 61.5 Å². The van der Waals surface area contributed by atoms with Crippen molar-refractivity contribution in [3.05, 3.63) is 56.7 Å². The number of aromatic nitrogens is 2. The van der Waals surface area contributed by atoms with Crippen LogP contribution in [0.5, 0.6) is 0 Å². The van der Waals surface area contributed by atoms with Gasteiger partial charge in [-0.3, -0.25) is 9.69 Å². The van der Waals surface area contributed by atoms with Crippen molar-refractivity contribution in [2.45, 2.75) is 63.3 Å². The maximum Gasteiger partial charge on any atom is 0.254 e. The summed E-state index contributed by atoms with van der Waals surface area (Å²) in [6.45, 7) is 4.30. The Morgan fingerprint density at radius 1 is 1.03 bits per heavy atom.